The highest BCUT2D eigenvalue weighted by Gasteiger charge is 2.38. The van der Waals surface area contributed by atoms with Gasteiger partial charge in [-0.1, -0.05) is 42.4 Å². The van der Waals surface area contributed by atoms with Crippen LogP contribution >= 0.6 is 11.6 Å². The van der Waals surface area contributed by atoms with Crippen molar-refractivity contribution in [1.82, 2.24) is 15.5 Å². The Morgan fingerprint density at radius 2 is 1.78 bits per heavy atom. The van der Waals surface area contributed by atoms with E-state index in [2.05, 4.69) is 20.8 Å². The molecule has 0 unspecified atom stereocenters. The maximum atomic E-state index is 12.5. The third-order valence-corrected chi connectivity index (χ3v) is 6.05. The van der Waals surface area contributed by atoms with Crippen molar-refractivity contribution in [3.05, 3.63) is 28.9 Å². The van der Waals surface area contributed by atoms with E-state index in [1.165, 1.54) is 6.92 Å². The number of aromatic nitrogens is 2. The first kappa shape index (κ1) is 22.4. The molecule has 32 heavy (non-hydrogen) atoms. The van der Waals surface area contributed by atoms with E-state index in [1.54, 1.807) is 12.1 Å². The van der Waals surface area contributed by atoms with Crippen LogP contribution in [-0.2, 0) is 21.5 Å². The van der Waals surface area contributed by atoms with Gasteiger partial charge in [0.1, 0.15) is 18.8 Å². The van der Waals surface area contributed by atoms with Gasteiger partial charge in [-0.25, -0.2) is 0 Å². The SMILES string of the molecule is CC(=O)NC1(c2noc(CCC(=O)Nc3cc4c(cc3Cl)OCCO4)n2)CCCCCC1. The van der Waals surface area contributed by atoms with Crippen LogP contribution in [0.5, 0.6) is 11.5 Å². The van der Waals surface area contributed by atoms with Crippen LogP contribution in [0.4, 0.5) is 5.69 Å². The number of anilines is 1. The highest BCUT2D eigenvalue weighted by atomic mass is 35.5. The maximum absolute atomic E-state index is 12.5. The molecule has 0 radical (unpaired) electrons. The second-order valence-corrected chi connectivity index (χ2v) is 8.62. The highest BCUT2D eigenvalue weighted by Crippen LogP contribution is 2.38. The minimum atomic E-state index is -0.606. The Morgan fingerprint density at radius 3 is 2.47 bits per heavy atom. The van der Waals surface area contributed by atoms with Crippen molar-refractivity contribution in [2.24, 2.45) is 0 Å². The summed E-state index contributed by atoms with van der Waals surface area (Å²) in [6.45, 7) is 2.41. The van der Waals surface area contributed by atoms with Crippen molar-refractivity contribution >= 4 is 29.1 Å². The quantitative estimate of drug-likeness (QED) is 0.628. The Kier molecular flexibility index (Phi) is 6.83. The molecule has 172 valence electrons. The van der Waals surface area contributed by atoms with E-state index in [9.17, 15) is 9.59 Å². The fourth-order valence-electron chi connectivity index (χ4n) is 4.22. The number of carbonyl (C=O) groups excluding carboxylic acids is 2. The zero-order valence-corrected chi connectivity index (χ0v) is 18.8. The molecule has 0 spiro atoms. The van der Waals surface area contributed by atoms with E-state index in [4.69, 9.17) is 25.6 Å². The smallest absolute Gasteiger partial charge is 0.227 e. The minimum Gasteiger partial charge on any atom is -0.486 e. The average molecular weight is 463 g/mol. The summed E-state index contributed by atoms with van der Waals surface area (Å²) in [4.78, 5) is 28.8. The van der Waals surface area contributed by atoms with Crippen LogP contribution in [0.25, 0.3) is 0 Å². The van der Waals surface area contributed by atoms with Gasteiger partial charge in [-0.05, 0) is 12.8 Å². The van der Waals surface area contributed by atoms with Gasteiger partial charge in [-0.2, -0.15) is 4.98 Å². The maximum Gasteiger partial charge on any atom is 0.227 e. The Hall–Kier alpha value is -2.81. The van der Waals surface area contributed by atoms with Crippen molar-refractivity contribution in [2.45, 2.75) is 63.8 Å². The van der Waals surface area contributed by atoms with E-state index in [0.29, 0.717) is 47.1 Å². The summed E-state index contributed by atoms with van der Waals surface area (Å²) < 4.78 is 16.4. The molecule has 1 aromatic carbocycles. The molecule has 0 saturated heterocycles. The number of amides is 2. The van der Waals surface area contributed by atoms with Gasteiger partial charge in [0, 0.05) is 31.9 Å². The largest absolute Gasteiger partial charge is 0.486 e. The van der Waals surface area contributed by atoms with Crippen LogP contribution in [0.3, 0.4) is 0 Å². The predicted molar refractivity (Wildman–Crippen MR) is 117 cm³/mol. The zero-order chi connectivity index (χ0) is 22.6. The van der Waals surface area contributed by atoms with Crippen LogP contribution < -0.4 is 20.1 Å². The van der Waals surface area contributed by atoms with E-state index in [-0.39, 0.29) is 24.7 Å². The van der Waals surface area contributed by atoms with E-state index < -0.39 is 5.54 Å². The normalized spacial score (nSPS) is 17.3. The lowest BCUT2D eigenvalue weighted by molar-refractivity contribution is -0.121. The predicted octanol–water partition coefficient (Wildman–Crippen LogP) is 3.75. The van der Waals surface area contributed by atoms with Crippen LogP contribution in [0.1, 0.15) is 63.6 Å². The first-order valence-electron chi connectivity index (χ1n) is 11.0. The molecule has 1 aliphatic heterocycles. The van der Waals surface area contributed by atoms with Gasteiger partial charge in [0.15, 0.2) is 17.3 Å². The summed E-state index contributed by atoms with van der Waals surface area (Å²) in [5.74, 6) is 1.59. The van der Waals surface area contributed by atoms with E-state index in [1.807, 2.05) is 0 Å². The number of benzene rings is 1. The molecule has 0 bridgehead atoms. The second kappa shape index (κ2) is 9.77. The fraction of sp³-hybridized carbons (Fsp3) is 0.545. The number of fused-ring (bicyclic) bond motifs is 1. The van der Waals surface area contributed by atoms with Crippen LogP contribution in [-0.4, -0.2) is 35.2 Å². The molecule has 10 heteroatoms. The molecule has 9 nitrogen and oxygen atoms in total. The second-order valence-electron chi connectivity index (χ2n) is 8.21. The van der Waals surface area contributed by atoms with Crippen LogP contribution in [0.2, 0.25) is 5.02 Å². The monoisotopic (exact) mass is 462 g/mol. The lowest BCUT2D eigenvalue weighted by atomic mass is 9.89. The van der Waals surface area contributed by atoms with Gasteiger partial charge in [-0.3, -0.25) is 9.59 Å². The number of ether oxygens (including phenoxy) is 2. The van der Waals surface area contributed by atoms with Gasteiger partial charge in [0.2, 0.25) is 17.7 Å². The lowest BCUT2D eigenvalue weighted by Crippen LogP contribution is -2.45. The van der Waals surface area contributed by atoms with E-state index in [0.717, 1.165) is 38.5 Å². The summed E-state index contributed by atoms with van der Waals surface area (Å²) in [5, 5.41) is 10.4. The van der Waals surface area contributed by atoms with Crippen LogP contribution in [0, 0.1) is 0 Å². The Labute approximate surface area is 191 Å². The van der Waals surface area contributed by atoms with Crippen molar-refractivity contribution in [1.29, 1.82) is 0 Å². The molecule has 0 atom stereocenters. The summed E-state index contributed by atoms with van der Waals surface area (Å²) in [6.07, 6.45) is 6.18. The minimum absolute atomic E-state index is 0.117. The molecule has 4 rings (SSSR count). The number of aryl methyl sites for hydroxylation is 1. The van der Waals surface area contributed by atoms with E-state index >= 15 is 0 Å². The molecule has 2 aromatic rings. The Balaban J connectivity index is 1.39. The number of nitrogens with one attached hydrogen (secondary N) is 2. The molecule has 2 amide bonds. The molecule has 1 aromatic heterocycles. The number of nitrogens with zero attached hydrogens (tertiary/aromatic N) is 2. The third-order valence-electron chi connectivity index (χ3n) is 5.74. The number of hydrogen-bond acceptors (Lipinski definition) is 7. The first-order chi connectivity index (χ1) is 15.4. The van der Waals surface area contributed by atoms with Gasteiger partial charge in [-0.15, -0.1) is 0 Å². The molecule has 2 heterocycles. The number of carbonyl (C=O) groups is 2. The number of hydrogen-bond donors (Lipinski definition) is 2. The fourth-order valence-corrected chi connectivity index (χ4v) is 4.42. The molecule has 1 aliphatic carbocycles. The van der Waals surface area contributed by atoms with Crippen molar-refractivity contribution in [3.63, 3.8) is 0 Å². The molecule has 1 fully saturated rings. The topological polar surface area (TPSA) is 116 Å². The number of rotatable bonds is 6. The Bertz CT molecular complexity index is 985. The lowest BCUT2D eigenvalue weighted by Gasteiger charge is -2.30. The summed E-state index contributed by atoms with van der Waals surface area (Å²) in [5.41, 5.74) is -0.152. The molecule has 2 N–H and O–H groups in total. The molecular weight excluding hydrogens is 436 g/mol. The van der Waals surface area contributed by atoms with Crippen molar-refractivity contribution in [3.8, 4) is 11.5 Å². The molecule has 2 aliphatic rings. The number of halogens is 1. The van der Waals surface area contributed by atoms with Gasteiger partial charge < -0.3 is 24.6 Å². The summed E-state index contributed by atoms with van der Waals surface area (Å²) in [7, 11) is 0. The zero-order valence-electron chi connectivity index (χ0n) is 18.0. The van der Waals surface area contributed by atoms with Crippen molar-refractivity contribution < 1.29 is 23.6 Å². The average Bonchev–Trinajstić information content (AvgIpc) is 3.13. The molecule has 1 saturated carbocycles. The highest BCUT2D eigenvalue weighted by molar-refractivity contribution is 6.34. The van der Waals surface area contributed by atoms with Gasteiger partial charge in [0.25, 0.3) is 0 Å². The van der Waals surface area contributed by atoms with Crippen LogP contribution in [0.15, 0.2) is 16.7 Å². The third kappa shape index (κ3) is 5.15. The van der Waals surface area contributed by atoms with Gasteiger partial charge in [0.05, 0.1) is 10.7 Å². The Morgan fingerprint density at radius 1 is 1.09 bits per heavy atom. The van der Waals surface area contributed by atoms with Gasteiger partial charge >= 0.3 is 0 Å². The molecular formula is C22H27ClN4O5. The standard InChI is InChI=1S/C22H27ClN4O5/c1-14(28)26-22(8-4-2-3-5-9-22)21-25-20(32-27-21)7-6-19(29)24-16-13-18-17(12-15(16)23)30-10-11-31-18/h12-13H,2-11H2,1H3,(H,24,29)(H,26,28). The van der Waals surface area contributed by atoms with Crippen molar-refractivity contribution in [2.75, 3.05) is 18.5 Å². The summed E-state index contributed by atoms with van der Waals surface area (Å²) in [6, 6.07) is 3.28. The first-order valence-corrected chi connectivity index (χ1v) is 11.3. The summed E-state index contributed by atoms with van der Waals surface area (Å²) >= 11 is 6.26.